The molecule has 0 aliphatic rings. The summed E-state index contributed by atoms with van der Waals surface area (Å²) >= 11 is 0. The van der Waals surface area contributed by atoms with Gasteiger partial charge in [-0.2, -0.15) is 5.10 Å². The summed E-state index contributed by atoms with van der Waals surface area (Å²) in [6.07, 6.45) is 4.95. The Labute approximate surface area is 94.3 Å². The number of phenolic OH excluding ortho intramolecular Hbond substituents is 1. The predicted molar refractivity (Wildman–Crippen MR) is 61.8 cm³/mol. The van der Waals surface area contributed by atoms with Gasteiger partial charge in [-0.15, -0.1) is 4.68 Å². The Kier molecular flexibility index (Phi) is 3.22. The maximum atomic E-state index is 9.20. The molecule has 1 heterocycles. The number of hydrogen-bond donors (Lipinski definition) is 3. The van der Waals surface area contributed by atoms with Gasteiger partial charge >= 0.3 is 0 Å². The highest BCUT2D eigenvalue weighted by Gasteiger charge is 2.07. The van der Waals surface area contributed by atoms with Crippen LogP contribution in [0.3, 0.4) is 0 Å². The third-order valence-corrected chi connectivity index (χ3v) is 2.48. The van der Waals surface area contributed by atoms with E-state index in [0.29, 0.717) is 6.54 Å². The molecule has 4 N–H and O–H groups in total. The second-order valence-corrected chi connectivity index (χ2v) is 3.74. The van der Waals surface area contributed by atoms with Crippen LogP contribution in [0.2, 0.25) is 0 Å². The molecule has 0 atom stereocenters. The first-order valence-electron chi connectivity index (χ1n) is 5.37. The Morgan fingerprint density at radius 2 is 1.94 bits per heavy atom. The van der Waals surface area contributed by atoms with Gasteiger partial charge in [-0.3, -0.25) is 0 Å². The van der Waals surface area contributed by atoms with Crippen molar-refractivity contribution in [3.05, 3.63) is 36.7 Å². The molecule has 0 aliphatic carbocycles. The molecule has 4 heteroatoms. The van der Waals surface area contributed by atoms with Gasteiger partial charge in [0.05, 0.1) is 11.8 Å². The minimum absolute atomic E-state index is 0.287. The molecular formula is C12H16N3O+. The number of aromatic hydroxyl groups is 1. The fraction of sp³-hybridized carbons (Fsp3) is 0.250. The number of aryl methyl sites for hydroxylation is 1. The van der Waals surface area contributed by atoms with E-state index in [-0.39, 0.29) is 5.75 Å². The van der Waals surface area contributed by atoms with E-state index in [1.165, 1.54) is 0 Å². The van der Waals surface area contributed by atoms with Crippen LogP contribution >= 0.6 is 0 Å². The first kappa shape index (κ1) is 10.7. The maximum absolute atomic E-state index is 9.20. The highest BCUT2D eigenvalue weighted by Crippen LogP contribution is 2.19. The van der Waals surface area contributed by atoms with E-state index in [0.717, 1.165) is 24.1 Å². The van der Waals surface area contributed by atoms with Crippen molar-refractivity contribution in [2.45, 2.75) is 13.0 Å². The van der Waals surface area contributed by atoms with Crippen LogP contribution in [-0.2, 0) is 6.54 Å². The van der Waals surface area contributed by atoms with E-state index in [2.05, 4.69) is 5.10 Å². The maximum Gasteiger partial charge on any atom is 0.203 e. The van der Waals surface area contributed by atoms with Crippen molar-refractivity contribution in [1.29, 1.82) is 0 Å². The van der Waals surface area contributed by atoms with Gasteiger partial charge in [0.25, 0.3) is 0 Å². The number of nitrogens with zero attached hydrogens (tertiary/aromatic N) is 1. The third-order valence-electron chi connectivity index (χ3n) is 2.48. The molecule has 2 aromatic rings. The molecule has 16 heavy (non-hydrogen) atoms. The van der Waals surface area contributed by atoms with Crippen molar-refractivity contribution < 1.29 is 9.79 Å². The standard InChI is InChI=1S/C12H15N3O/c13-6-1-7-15-9-11(8-14-15)10-2-4-12(16)5-3-10/h2-5,8-9,16H,1,6-7,13H2/p+1. The topological polar surface area (TPSA) is 65.9 Å². The van der Waals surface area contributed by atoms with Crippen LogP contribution in [0.4, 0.5) is 0 Å². The van der Waals surface area contributed by atoms with Gasteiger partial charge in [0, 0.05) is 6.42 Å². The van der Waals surface area contributed by atoms with Gasteiger partial charge in [-0.05, 0) is 24.2 Å². The molecule has 84 valence electrons. The lowest BCUT2D eigenvalue weighted by Gasteiger charge is -1.94. The number of nitrogens with two attached hydrogens (primary N) is 1. The number of phenols is 1. The van der Waals surface area contributed by atoms with Crippen LogP contribution < -0.4 is 10.4 Å². The minimum atomic E-state index is 0.287. The summed E-state index contributed by atoms with van der Waals surface area (Å²) < 4.78 is 2.01. The number of hydrogen-bond acceptors (Lipinski definition) is 2. The van der Waals surface area contributed by atoms with Gasteiger partial charge in [0.2, 0.25) is 6.20 Å². The summed E-state index contributed by atoms with van der Waals surface area (Å²) in [6, 6.07) is 7.16. The van der Waals surface area contributed by atoms with E-state index in [4.69, 9.17) is 5.73 Å². The number of rotatable bonds is 4. The molecule has 2 rings (SSSR count). The molecule has 0 saturated heterocycles. The average Bonchev–Trinajstić information content (AvgIpc) is 2.76. The zero-order chi connectivity index (χ0) is 11.4. The molecule has 0 spiro atoms. The first-order valence-corrected chi connectivity index (χ1v) is 5.37. The van der Waals surface area contributed by atoms with Gasteiger partial charge < -0.3 is 10.8 Å². The molecule has 0 amide bonds. The SMILES string of the molecule is NCCC[n+]1cc(-c2ccc(O)cc2)c[nH]1. The fourth-order valence-corrected chi connectivity index (χ4v) is 1.60. The summed E-state index contributed by atoms with van der Waals surface area (Å²) in [5.41, 5.74) is 7.65. The monoisotopic (exact) mass is 218 g/mol. The van der Waals surface area contributed by atoms with Gasteiger partial charge in [0.15, 0.2) is 6.54 Å². The Balaban J connectivity index is 2.15. The van der Waals surface area contributed by atoms with E-state index in [1.807, 2.05) is 29.2 Å². The molecular weight excluding hydrogens is 202 g/mol. The molecule has 0 radical (unpaired) electrons. The van der Waals surface area contributed by atoms with E-state index < -0.39 is 0 Å². The van der Waals surface area contributed by atoms with Gasteiger partial charge in [-0.25, -0.2) is 0 Å². The molecule has 1 aromatic carbocycles. The Hall–Kier alpha value is -1.81. The van der Waals surface area contributed by atoms with E-state index >= 15 is 0 Å². The zero-order valence-electron chi connectivity index (χ0n) is 9.06. The minimum Gasteiger partial charge on any atom is -0.508 e. The van der Waals surface area contributed by atoms with Crippen molar-refractivity contribution >= 4 is 0 Å². The lowest BCUT2D eigenvalue weighted by Crippen LogP contribution is -2.35. The van der Waals surface area contributed by atoms with Crippen LogP contribution in [0.5, 0.6) is 5.75 Å². The summed E-state index contributed by atoms with van der Waals surface area (Å²) in [5.74, 6) is 0.287. The summed E-state index contributed by atoms with van der Waals surface area (Å²) in [7, 11) is 0. The molecule has 0 fully saturated rings. The van der Waals surface area contributed by atoms with Crippen LogP contribution in [0.15, 0.2) is 36.7 Å². The zero-order valence-corrected chi connectivity index (χ0v) is 9.06. The Morgan fingerprint density at radius 3 is 2.62 bits per heavy atom. The second kappa shape index (κ2) is 4.81. The number of H-pyrrole nitrogens is 1. The third kappa shape index (κ3) is 2.41. The Morgan fingerprint density at radius 1 is 1.19 bits per heavy atom. The largest absolute Gasteiger partial charge is 0.508 e. The van der Waals surface area contributed by atoms with Crippen LogP contribution in [-0.4, -0.2) is 16.7 Å². The van der Waals surface area contributed by atoms with Crippen LogP contribution in [0, 0.1) is 0 Å². The van der Waals surface area contributed by atoms with E-state index in [9.17, 15) is 5.11 Å². The molecule has 0 aliphatic heterocycles. The summed E-state index contributed by atoms with van der Waals surface area (Å²) in [4.78, 5) is 0. The van der Waals surface area contributed by atoms with Crippen molar-refractivity contribution in [3.8, 4) is 16.9 Å². The number of aromatic nitrogens is 2. The fourth-order valence-electron chi connectivity index (χ4n) is 1.60. The molecule has 4 nitrogen and oxygen atoms in total. The van der Waals surface area contributed by atoms with Gasteiger partial charge in [-0.1, -0.05) is 12.1 Å². The van der Waals surface area contributed by atoms with Crippen LogP contribution in [0.1, 0.15) is 6.42 Å². The van der Waals surface area contributed by atoms with Crippen molar-refractivity contribution in [1.82, 2.24) is 5.10 Å². The first-order chi connectivity index (χ1) is 7.79. The lowest BCUT2D eigenvalue weighted by atomic mass is 10.1. The van der Waals surface area contributed by atoms with Crippen LogP contribution in [0.25, 0.3) is 11.1 Å². The molecule has 1 aromatic heterocycles. The normalized spacial score (nSPS) is 10.6. The highest BCUT2D eigenvalue weighted by atomic mass is 16.3. The molecule has 0 unspecified atom stereocenters. The average molecular weight is 218 g/mol. The highest BCUT2D eigenvalue weighted by molar-refractivity contribution is 5.61. The predicted octanol–water partition coefficient (Wildman–Crippen LogP) is 1.02. The van der Waals surface area contributed by atoms with Gasteiger partial charge in [0.1, 0.15) is 5.75 Å². The summed E-state index contributed by atoms with van der Waals surface area (Å²) in [5, 5.41) is 12.4. The smallest absolute Gasteiger partial charge is 0.203 e. The van der Waals surface area contributed by atoms with E-state index in [1.54, 1.807) is 12.1 Å². The number of nitrogens with one attached hydrogen (secondary N) is 1. The summed E-state index contributed by atoms with van der Waals surface area (Å²) in [6.45, 7) is 1.59. The lowest BCUT2D eigenvalue weighted by molar-refractivity contribution is -0.749. The van der Waals surface area contributed by atoms with Crippen molar-refractivity contribution in [2.75, 3.05) is 6.54 Å². The quantitative estimate of drug-likeness (QED) is 0.671. The molecule has 0 saturated carbocycles. The number of benzene rings is 1. The van der Waals surface area contributed by atoms with Crippen molar-refractivity contribution in [2.24, 2.45) is 5.73 Å². The van der Waals surface area contributed by atoms with Crippen molar-refractivity contribution in [3.63, 3.8) is 0 Å². The molecule has 0 bridgehead atoms. The number of aromatic amines is 1. The second-order valence-electron chi connectivity index (χ2n) is 3.74. The Bertz CT molecular complexity index is 448.